The molecule has 0 spiro atoms. The van der Waals surface area contributed by atoms with E-state index in [1.165, 1.54) is 12.1 Å². The third kappa shape index (κ3) is 5.76. The molecule has 0 saturated carbocycles. The normalized spacial score (nSPS) is 16.1. The van der Waals surface area contributed by atoms with Crippen molar-refractivity contribution in [3.8, 4) is 5.75 Å². The third-order valence-corrected chi connectivity index (χ3v) is 6.40. The quantitative estimate of drug-likeness (QED) is 0.503. The highest BCUT2D eigenvalue weighted by Gasteiger charge is 2.37. The lowest BCUT2D eigenvalue weighted by molar-refractivity contribution is -0.141. The minimum atomic E-state index is -0.713. The maximum absolute atomic E-state index is 14.2. The fourth-order valence-corrected chi connectivity index (χ4v) is 4.54. The summed E-state index contributed by atoms with van der Waals surface area (Å²) in [5.41, 5.74) is 3.10. The summed E-state index contributed by atoms with van der Waals surface area (Å²) < 4.78 is 20.2. The predicted octanol–water partition coefficient (Wildman–Crippen LogP) is 5.43. The van der Waals surface area contributed by atoms with Gasteiger partial charge in [-0.15, -0.1) is 0 Å². The molecule has 1 aliphatic heterocycles. The third-order valence-electron chi connectivity index (χ3n) is 6.40. The van der Waals surface area contributed by atoms with Gasteiger partial charge in [0.25, 0.3) is 5.91 Å². The van der Waals surface area contributed by atoms with Crippen molar-refractivity contribution in [3.63, 3.8) is 0 Å². The van der Waals surface area contributed by atoms with Crippen LogP contribution in [0.15, 0.2) is 72.8 Å². The van der Waals surface area contributed by atoms with E-state index in [4.69, 9.17) is 4.74 Å². The second-order valence-corrected chi connectivity index (χ2v) is 10.3. The zero-order chi connectivity index (χ0) is 25.9. The molecule has 2 atom stereocenters. The first-order valence-corrected chi connectivity index (χ1v) is 12.3. The highest BCUT2D eigenvalue weighted by Crippen LogP contribution is 2.39. The zero-order valence-electron chi connectivity index (χ0n) is 21.3. The Morgan fingerprint density at radius 2 is 1.81 bits per heavy atom. The standard InChI is InChI=1S/C30H33FN2O3/c1-20(28(34)32-19-21-9-6-5-7-10-21)36-25-14-13-22-15-16-33(29(35)30(2,3)4)27(26(22)18-25)23-11-8-12-24(31)17-23/h5-14,17-18,20,27H,15-16,19H2,1-4H3,(H,32,34). The first-order chi connectivity index (χ1) is 17.1. The van der Waals surface area contributed by atoms with Crippen molar-refractivity contribution in [2.24, 2.45) is 5.41 Å². The van der Waals surface area contributed by atoms with Crippen LogP contribution in [0.2, 0.25) is 0 Å². The Bertz CT molecular complexity index is 1240. The number of nitrogens with zero attached hydrogens (tertiary/aromatic N) is 1. The topological polar surface area (TPSA) is 58.6 Å². The monoisotopic (exact) mass is 488 g/mol. The second kappa shape index (κ2) is 10.5. The molecule has 188 valence electrons. The molecule has 2 unspecified atom stereocenters. The molecule has 1 aliphatic rings. The van der Waals surface area contributed by atoms with Crippen LogP contribution in [0.5, 0.6) is 5.75 Å². The maximum atomic E-state index is 14.2. The second-order valence-electron chi connectivity index (χ2n) is 10.3. The molecule has 1 N–H and O–H groups in total. The summed E-state index contributed by atoms with van der Waals surface area (Å²) in [7, 11) is 0. The number of benzene rings is 3. The minimum Gasteiger partial charge on any atom is -0.481 e. The summed E-state index contributed by atoms with van der Waals surface area (Å²) >= 11 is 0. The van der Waals surface area contributed by atoms with Gasteiger partial charge in [-0.1, -0.05) is 69.3 Å². The Morgan fingerprint density at radius 1 is 1.06 bits per heavy atom. The molecule has 2 amide bonds. The van der Waals surface area contributed by atoms with E-state index in [1.54, 1.807) is 13.0 Å². The van der Waals surface area contributed by atoms with Crippen molar-refractivity contribution < 1.29 is 18.7 Å². The van der Waals surface area contributed by atoms with Gasteiger partial charge in [-0.2, -0.15) is 0 Å². The predicted molar refractivity (Wildman–Crippen MR) is 138 cm³/mol. The average molecular weight is 489 g/mol. The van der Waals surface area contributed by atoms with E-state index in [-0.39, 0.29) is 17.6 Å². The lowest BCUT2D eigenvalue weighted by Gasteiger charge is -2.41. The molecule has 0 fully saturated rings. The van der Waals surface area contributed by atoms with Gasteiger partial charge >= 0.3 is 0 Å². The molecular weight excluding hydrogens is 455 g/mol. The molecule has 4 rings (SSSR count). The van der Waals surface area contributed by atoms with E-state index >= 15 is 0 Å². The molecular formula is C30H33FN2O3. The highest BCUT2D eigenvalue weighted by molar-refractivity contribution is 5.83. The largest absolute Gasteiger partial charge is 0.481 e. The average Bonchev–Trinajstić information content (AvgIpc) is 2.86. The summed E-state index contributed by atoms with van der Waals surface area (Å²) in [5.74, 6) is -0.0355. The molecule has 0 bridgehead atoms. The van der Waals surface area contributed by atoms with E-state index < -0.39 is 17.6 Å². The number of hydrogen-bond acceptors (Lipinski definition) is 3. The first-order valence-electron chi connectivity index (χ1n) is 12.3. The van der Waals surface area contributed by atoms with Crippen LogP contribution in [-0.2, 0) is 22.6 Å². The fraction of sp³-hybridized carbons (Fsp3) is 0.333. The molecule has 6 heteroatoms. The molecule has 0 radical (unpaired) electrons. The number of carbonyl (C=O) groups excluding carboxylic acids is 2. The Balaban J connectivity index is 1.59. The van der Waals surface area contributed by atoms with E-state index in [9.17, 15) is 14.0 Å². The highest BCUT2D eigenvalue weighted by atomic mass is 19.1. The summed E-state index contributed by atoms with van der Waals surface area (Å²) in [6.45, 7) is 8.35. The van der Waals surface area contributed by atoms with Crippen LogP contribution in [0.25, 0.3) is 0 Å². The molecule has 36 heavy (non-hydrogen) atoms. The number of amides is 2. The van der Waals surface area contributed by atoms with Gasteiger partial charge < -0.3 is 15.0 Å². The van der Waals surface area contributed by atoms with Gasteiger partial charge in [0.15, 0.2) is 6.10 Å². The smallest absolute Gasteiger partial charge is 0.261 e. The number of hydrogen-bond donors (Lipinski definition) is 1. The van der Waals surface area contributed by atoms with E-state index in [1.807, 2.05) is 80.3 Å². The number of ether oxygens (including phenoxy) is 1. The van der Waals surface area contributed by atoms with E-state index in [2.05, 4.69) is 5.32 Å². The van der Waals surface area contributed by atoms with Crippen LogP contribution in [0.1, 0.15) is 56.0 Å². The molecule has 3 aromatic rings. The lowest BCUT2D eigenvalue weighted by atomic mass is 9.85. The lowest BCUT2D eigenvalue weighted by Crippen LogP contribution is -2.45. The Kier molecular flexibility index (Phi) is 7.43. The van der Waals surface area contributed by atoms with E-state index in [0.29, 0.717) is 30.8 Å². The first kappa shape index (κ1) is 25.4. The maximum Gasteiger partial charge on any atom is 0.261 e. The van der Waals surface area contributed by atoms with Crippen molar-refractivity contribution in [1.29, 1.82) is 0 Å². The minimum absolute atomic E-state index is 0.00221. The Morgan fingerprint density at radius 3 is 2.50 bits per heavy atom. The van der Waals surface area contributed by atoms with Crippen LogP contribution in [-0.4, -0.2) is 29.4 Å². The fourth-order valence-electron chi connectivity index (χ4n) is 4.54. The van der Waals surface area contributed by atoms with E-state index in [0.717, 1.165) is 16.7 Å². The van der Waals surface area contributed by atoms with Crippen LogP contribution in [0, 0.1) is 11.2 Å². The Hall–Kier alpha value is -3.67. The SMILES string of the molecule is CC(Oc1ccc2c(c1)C(c1cccc(F)c1)N(C(=O)C(C)(C)C)CC2)C(=O)NCc1ccccc1. The van der Waals surface area contributed by atoms with Crippen LogP contribution >= 0.6 is 0 Å². The van der Waals surface area contributed by atoms with Crippen LogP contribution < -0.4 is 10.1 Å². The van der Waals surface area contributed by atoms with Crippen LogP contribution in [0.3, 0.4) is 0 Å². The van der Waals surface area contributed by atoms with Crippen molar-refractivity contribution in [1.82, 2.24) is 10.2 Å². The van der Waals surface area contributed by atoms with Crippen molar-refractivity contribution in [2.45, 2.75) is 52.8 Å². The molecule has 0 aromatic heterocycles. The summed E-state index contributed by atoms with van der Waals surface area (Å²) in [6.07, 6.45) is -0.0219. The van der Waals surface area contributed by atoms with Gasteiger partial charge in [0.2, 0.25) is 5.91 Å². The van der Waals surface area contributed by atoms with Gasteiger partial charge in [0.1, 0.15) is 11.6 Å². The van der Waals surface area contributed by atoms with Gasteiger partial charge in [-0.25, -0.2) is 4.39 Å². The van der Waals surface area contributed by atoms with Gasteiger partial charge in [-0.3, -0.25) is 9.59 Å². The van der Waals surface area contributed by atoms with Crippen molar-refractivity contribution >= 4 is 11.8 Å². The number of halogens is 1. The van der Waals surface area contributed by atoms with Crippen molar-refractivity contribution in [2.75, 3.05) is 6.54 Å². The molecule has 3 aromatic carbocycles. The Labute approximate surface area is 212 Å². The van der Waals surface area contributed by atoms with Crippen LogP contribution in [0.4, 0.5) is 4.39 Å². The van der Waals surface area contributed by atoms with Gasteiger partial charge in [-0.05, 0) is 59.9 Å². The molecule has 1 heterocycles. The molecule has 0 aliphatic carbocycles. The number of carbonyl (C=O) groups is 2. The van der Waals surface area contributed by atoms with Gasteiger partial charge in [0.05, 0.1) is 6.04 Å². The van der Waals surface area contributed by atoms with Crippen molar-refractivity contribution in [3.05, 3.63) is 101 Å². The summed E-state index contributed by atoms with van der Waals surface area (Å²) in [4.78, 5) is 27.9. The van der Waals surface area contributed by atoms with Gasteiger partial charge in [0, 0.05) is 18.5 Å². The number of nitrogens with one attached hydrogen (secondary N) is 1. The molecule has 5 nitrogen and oxygen atoms in total. The molecule has 0 saturated heterocycles. The summed E-state index contributed by atoms with van der Waals surface area (Å²) in [5, 5.41) is 2.90. The number of rotatable bonds is 6. The zero-order valence-corrected chi connectivity index (χ0v) is 21.3. The number of fused-ring (bicyclic) bond motifs is 1. The summed E-state index contributed by atoms with van der Waals surface area (Å²) in [6, 6.07) is 21.4.